The number of nitrogens with one attached hydrogen (secondary N) is 1. The summed E-state index contributed by atoms with van der Waals surface area (Å²) < 4.78 is 5.29. The van der Waals surface area contributed by atoms with Crippen LogP contribution in [0, 0.1) is 11.3 Å². The lowest BCUT2D eigenvalue weighted by Gasteiger charge is -2.13. The quantitative estimate of drug-likeness (QED) is 0.239. The van der Waals surface area contributed by atoms with Crippen LogP contribution in [0.15, 0.2) is 108 Å². The van der Waals surface area contributed by atoms with Crippen molar-refractivity contribution in [3.63, 3.8) is 0 Å². The van der Waals surface area contributed by atoms with Crippen LogP contribution >= 0.6 is 11.8 Å². The van der Waals surface area contributed by atoms with Crippen LogP contribution in [0.25, 0.3) is 33.2 Å². The summed E-state index contributed by atoms with van der Waals surface area (Å²) in [6.45, 7) is 0. The summed E-state index contributed by atoms with van der Waals surface area (Å²) in [5, 5.41) is 15.7. The van der Waals surface area contributed by atoms with E-state index >= 15 is 0 Å². The number of rotatable bonds is 7. The molecule has 0 fully saturated rings. The zero-order valence-corrected chi connectivity index (χ0v) is 21.0. The number of ether oxygens (including phenoxy) is 1. The van der Waals surface area contributed by atoms with Crippen LogP contribution in [0.2, 0.25) is 0 Å². The molecule has 0 atom stereocenters. The molecule has 0 spiro atoms. The number of thioether (sulfide) groups is 1. The second-order valence-electron chi connectivity index (χ2n) is 8.31. The van der Waals surface area contributed by atoms with E-state index in [2.05, 4.69) is 11.4 Å². The maximum absolute atomic E-state index is 13.0. The van der Waals surface area contributed by atoms with Crippen molar-refractivity contribution in [2.45, 2.75) is 5.03 Å². The number of nitriles is 1. The van der Waals surface area contributed by atoms with E-state index in [1.807, 2.05) is 103 Å². The van der Waals surface area contributed by atoms with Crippen LogP contribution in [0.5, 0.6) is 5.75 Å². The van der Waals surface area contributed by atoms with Gasteiger partial charge in [0.1, 0.15) is 16.8 Å². The second-order valence-corrected chi connectivity index (χ2v) is 9.27. The fourth-order valence-corrected chi connectivity index (χ4v) is 4.95. The average Bonchev–Trinajstić information content (AvgIpc) is 2.96. The Balaban J connectivity index is 1.47. The van der Waals surface area contributed by atoms with E-state index in [-0.39, 0.29) is 11.7 Å². The Morgan fingerprint density at radius 1 is 0.919 bits per heavy atom. The zero-order valence-electron chi connectivity index (χ0n) is 20.1. The molecule has 6 heteroatoms. The van der Waals surface area contributed by atoms with Crippen molar-refractivity contribution in [1.29, 1.82) is 5.26 Å². The number of carbonyl (C=O) groups excluding carboxylic acids is 1. The highest BCUT2D eigenvalue weighted by molar-refractivity contribution is 8.00. The number of aromatic nitrogens is 1. The Morgan fingerprint density at radius 3 is 2.41 bits per heavy atom. The Morgan fingerprint density at radius 2 is 1.65 bits per heavy atom. The lowest BCUT2D eigenvalue weighted by Crippen LogP contribution is -2.14. The molecule has 4 aromatic carbocycles. The number of hydrogen-bond donors (Lipinski definition) is 1. The summed E-state index contributed by atoms with van der Waals surface area (Å²) in [6, 6.07) is 35.4. The van der Waals surface area contributed by atoms with Crippen LogP contribution in [0.3, 0.4) is 0 Å². The molecule has 0 unspecified atom stereocenters. The predicted octanol–water partition coefficient (Wildman–Crippen LogP) is 7.18. The smallest absolute Gasteiger partial charge is 0.234 e. The van der Waals surface area contributed by atoms with Crippen molar-refractivity contribution in [1.82, 2.24) is 4.98 Å². The van der Waals surface area contributed by atoms with E-state index in [1.54, 1.807) is 7.11 Å². The predicted molar refractivity (Wildman–Crippen MR) is 150 cm³/mol. The van der Waals surface area contributed by atoms with Gasteiger partial charge in [0.15, 0.2) is 0 Å². The minimum absolute atomic E-state index is 0.116. The Bertz CT molecular complexity index is 1610. The molecule has 0 aliphatic rings. The topological polar surface area (TPSA) is 75.0 Å². The number of nitrogens with zero attached hydrogens (tertiary/aromatic N) is 2. The van der Waals surface area contributed by atoms with E-state index in [4.69, 9.17) is 9.72 Å². The summed E-state index contributed by atoms with van der Waals surface area (Å²) in [4.78, 5) is 17.8. The molecule has 0 aliphatic carbocycles. The molecule has 0 saturated carbocycles. The van der Waals surface area contributed by atoms with Crippen LogP contribution in [0.4, 0.5) is 5.69 Å². The average molecular weight is 502 g/mol. The van der Waals surface area contributed by atoms with E-state index in [1.165, 1.54) is 11.8 Å². The Kier molecular flexibility index (Phi) is 7.16. The molecule has 1 amide bonds. The second kappa shape index (κ2) is 11.0. The normalized spacial score (nSPS) is 10.6. The largest absolute Gasteiger partial charge is 0.497 e. The van der Waals surface area contributed by atoms with Crippen LogP contribution < -0.4 is 10.1 Å². The van der Waals surface area contributed by atoms with Crippen molar-refractivity contribution < 1.29 is 9.53 Å². The van der Waals surface area contributed by atoms with Gasteiger partial charge < -0.3 is 10.1 Å². The first-order valence-electron chi connectivity index (χ1n) is 11.7. The summed E-state index contributed by atoms with van der Waals surface area (Å²) in [5.74, 6) is 0.688. The Labute approximate surface area is 219 Å². The van der Waals surface area contributed by atoms with E-state index in [0.717, 1.165) is 44.6 Å². The fourth-order valence-electron chi connectivity index (χ4n) is 4.14. The van der Waals surface area contributed by atoms with E-state index < -0.39 is 0 Å². The lowest BCUT2D eigenvalue weighted by molar-refractivity contribution is -0.113. The molecule has 0 bridgehead atoms. The molecule has 0 saturated heterocycles. The van der Waals surface area contributed by atoms with Crippen molar-refractivity contribution in [3.8, 4) is 34.2 Å². The molecule has 1 N–H and O–H groups in total. The fraction of sp³-hybridized carbons (Fsp3) is 0.0645. The SMILES string of the molecule is COc1ccc(-c2cc(-c3ccccc3)nc(SCC(=O)Nc3cccc4ccccc34)c2C#N)cc1. The summed E-state index contributed by atoms with van der Waals surface area (Å²) in [6.07, 6.45) is 0. The maximum Gasteiger partial charge on any atom is 0.234 e. The van der Waals surface area contributed by atoms with Gasteiger partial charge in [0.25, 0.3) is 0 Å². The van der Waals surface area contributed by atoms with Gasteiger partial charge in [0.05, 0.1) is 24.1 Å². The molecule has 5 aromatic rings. The highest BCUT2D eigenvalue weighted by Crippen LogP contribution is 2.35. The minimum Gasteiger partial charge on any atom is -0.497 e. The van der Waals surface area contributed by atoms with Gasteiger partial charge >= 0.3 is 0 Å². The number of fused-ring (bicyclic) bond motifs is 1. The van der Waals surface area contributed by atoms with Crippen molar-refractivity contribution >= 4 is 34.1 Å². The third-order valence-electron chi connectivity index (χ3n) is 5.97. The highest BCUT2D eigenvalue weighted by Gasteiger charge is 2.17. The van der Waals surface area contributed by atoms with Crippen molar-refractivity contribution in [2.24, 2.45) is 0 Å². The molecular formula is C31H23N3O2S. The molecule has 180 valence electrons. The zero-order chi connectivity index (χ0) is 25.6. The monoisotopic (exact) mass is 501 g/mol. The lowest BCUT2D eigenvalue weighted by atomic mass is 9.99. The number of benzene rings is 4. The number of pyridine rings is 1. The van der Waals surface area contributed by atoms with Gasteiger partial charge in [0, 0.05) is 22.2 Å². The van der Waals surface area contributed by atoms with E-state index in [9.17, 15) is 10.1 Å². The molecule has 37 heavy (non-hydrogen) atoms. The third-order valence-corrected chi connectivity index (χ3v) is 6.95. The number of amides is 1. The summed E-state index contributed by atoms with van der Waals surface area (Å²) in [7, 11) is 1.62. The van der Waals surface area contributed by atoms with Gasteiger partial charge in [-0.05, 0) is 35.2 Å². The number of carbonyl (C=O) groups is 1. The van der Waals surface area contributed by atoms with Gasteiger partial charge in [-0.25, -0.2) is 4.98 Å². The first-order valence-corrected chi connectivity index (χ1v) is 12.7. The number of methoxy groups -OCH3 is 1. The molecule has 0 aliphatic heterocycles. The molecule has 1 heterocycles. The van der Waals surface area contributed by atoms with Crippen LogP contribution in [0.1, 0.15) is 5.56 Å². The standard InChI is InChI=1S/C31H23N3O2S/c1-36-24-16-14-22(15-17-24)26-18-29(23-9-3-2-4-10-23)34-31(27(26)19-32)37-20-30(35)33-28-13-7-11-21-8-5-6-12-25(21)28/h2-18H,20H2,1H3,(H,33,35). The van der Waals surface area contributed by atoms with Crippen LogP contribution in [-0.2, 0) is 4.79 Å². The number of anilines is 1. The van der Waals surface area contributed by atoms with Gasteiger partial charge in [-0.2, -0.15) is 5.26 Å². The van der Waals surface area contributed by atoms with Gasteiger partial charge in [-0.1, -0.05) is 90.6 Å². The maximum atomic E-state index is 13.0. The van der Waals surface area contributed by atoms with Gasteiger partial charge in [-0.15, -0.1) is 0 Å². The molecule has 0 radical (unpaired) electrons. The summed E-state index contributed by atoms with van der Waals surface area (Å²) >= 11 is 1.26. The van der Waals surface area contributed by atoms with Crippen molar-refractivity contribution in [2.75, 3.05) is 18.2 Å². The van der Waals surface area contributed by atoms with Gasteiger partial charge in [0.2, 0.25) is 5.91 Å². The first-order chi connectivity index (χ1) is 18.2. The Hall–Kier alpha value is -4.60. The summed E-state index contributed by atoms with van der Waals surface area (Å²) in [5.41, 5.74) is 4.50. The van der Waals surface area contributed by atoms with E-state index in [0.29, 0.717) is 10.6 Å². The molecule has 1 aromatic heterocycles. The minimum atomic E-state index is -0.164. The highest BCUT2D eigenvalue weighted by atomic mass is 32.2. The molecular weight excluding hydrogens is 478 g/mol. The first kappa shape index (κ1) is 24.1. The third kappa shape index (κ3) is 5.32. The van der Waals surface area contributed by atoms with Crippen molar-refractivity contribution in [3.05, 3.63) is 109 Å². The number of hydrogen-bond acceptors (Lipinski definition) is 5. The molecule has 5 rings (SSSR count). The van der Waals surface area contributed by atoms with Gasteiger partial charge in [-0.3, -0.25) is 4.79 Å². The van der Waals surface area contributed by atoms with Crippen LogP contribution in [-0.4, -0.2) is 23.8 Å². The molecule has 5 nitrogen and oxygen atoms in total.